The molecule has 0 saturated carbocycles. The molecule has 2 nitrogen and oxygen atoms in total. The summed E-state index contributed by atoms with van der Waals surface area (Å²) < 4.78 is 39.4. The first-order chi connectivity index (χ1) is 8.41. The smallest absolute Gasteiger partial charge is 0.241 e. The Bertz CT molecular complexity index is 564. The maximum atomic E-state index is 12.7. The number of hydrogen-bond acceptors (Lipinski definition) is 1. The zero-order valence-electron chi connectivity index (χ0n) is 8.88. The molecule has 0 aliphatic carbocycles. The third-order valence-corrected chi connectivity index (χ3v) is 2.90. The Morgan fingerprint density at radius 1 is 1.22 bits per heavy atom. The normalized spacial score (nSPS) is 11.8. The van der Waals surface area contributed by atoms with Gasteiger partial charge < -0.3 is 0 Å². The van der Waals surface area contributed by atoms with Crippen molar-refractivity contribution in [3.05, 3.63) is 46.7 Å². The summed E-state index contributed by atoms with van der Waals surface area (Å²) in [4.78, 5) is 0. The molecule has 1 heterocycles. The lowest BCUT2D eigenvalue weighted by Gasteiger charge is -2.10. The van der Waals surface area contributed by atoms with Crippen LogP contribution >= 0.6 is 23.2 Å². The Balaban J connectivity index is 2.47. The predicted octanol–water partition coefficient (Wildman–Crippen LogP) is 4.28. The minimum absolute atomic E-state index is 0.201. The highest BCUT2D eigenvalue weighted by molar-refractivity contribution is 6.31. The van der Waals surface area contributed by atoms with E-state index in [1.165, 1.54) is 16.8 Å². The van der Waals surface area contributed by atoms with Gasteiger partial charge in [0.2, 0.25) is 0 Å². The van der Waals surface area contributed by atoms with E-state index in [1.807, 2.05) is 0 Å². The van der Waals surface area contributed by atoms with Gasteiger partial charge in [0, 0.05) is 6.20 Å². The van der Waals surface area contributed by atoms with Crippen LogP contribution in [-0.2, 0) is 12.1 Å². The van der Waals surface area contributed by atoms with Crippen LogP contribution in [0.3, 0.4) is 0 Å². The number of rotatable bonds is 2. The molecule has 0 bridgehead atoms. The van der Waals surface area contributed by atoms with Crippen LogP contribution in [0.5, 0.6) is 0 Å². The molecule has 96 valence electrons. The highest BCUT2D eigenvalue weighted by Gasteiger charge is 2.33. The summed E-state index contributed by atoms with van der Waals surface area (Å²) in [6.45, 7) is 0. The zero-order chi connectivity index (χ0) is 13.3. The van der Waals surface area contributed by atoms with Crippen LogP contribution in [0.15, 0.2) is 30.5 Å². The SMILES string of the molecule is FC(F)(F)c1cc(-n2ccc(CCl)n2)ccc1Cl. The highest BCUT2D eigenvalue weighted by atomic mass is 35.5. The maximum absolute atomic E-state index is 12.7. The molecule has 0 unspecified atom stereocenters. The molecule has 0 fully saturated rings. The predicted molar refractivity (Wildman–Crippen MR) is 63.1 cm³/mol. The van der Waals surface area contributed by atoms with Crippen LogP contribution in [-0.4, -0.2) is 9.78 Å². The number of benzene rings is 1. The Labute approximate surface area is 111 Å². The summed E-state index contributed by atoms with van der Waals surface area (Å²) in [5.41, 5.74) is -0.0205. The van der Waals surface area contributed by atoms with Gasteiger partial charge >= 0.3 is 6.18 Å². The van der Waals surface area contributed by atoms with E-state index in [9.17, 15) is 13.2 Å². The number of hydrogen-bond donors (Lipinski definition) is 0. The fraction of sp³-hybridized carbons (Fsp3) is 0.182. The molecule has 0 aliphatic heterocycles. The lowest BCUT2D eigenvalue weighted by Crippen LogP contribution is -2.07. The number of aromatic nitrogens is 2. The van der Waals surface area contributed by atoms with Gasteiger partial charge in [-0.05, 0) is 24.3 Å². The van der Waals surface area contributed by atoms with Gasteiger partial charge in [0.05, 0.1) is 27.8 Å². The molecule has 1 aromatic carbocycles. The molecule has 0 radical (unpaired) electrons. The fourth-order valence-electron chi connectivity index (χ4n) is 1.45. The largest absolute Gasteiger partial charge is 0.417 e. The van der Waals surface area contributed by atoms with Crippen molar-refractivity contribution in [1.29, 1.82) is 0 Å². The maximum Gasteiger partial charge on any atom is 0.417 e. The van der Waals surface area contributed by atoms with Crippen LogP contribution in [0.1, 0.15) is 11.3 Å². The van der Waals surface area contributed by atoms with Crippen molar-refractivity contribution in [2.45, 2.75) is 12.1 Å². The molecule has 0 aliphatic rings. The van der Waals surface area contributed by atoms with Crippen molar-refractivity contribution in [1.82, 2.24) is 9.78 Å². The van der Waals surface area contributed by atoms with Crippen LogP contribution in [0.2, 0.25) is 5.02 Å². The lowest BCUT2D eigenvalue weighted by molar-refractivity contribution is -0.137. The van der Waals surface area contributed by atoms with E-state index in [4.69, 9.17) is 23.2 Å². The average molecular weight is 295 g/mol. The quantitative estimate of drug-likeness (QED) is 0.756. The van der Waals surface area contributed by atoms with E-state index in [1.54, 1.807) is 12.3 Å². The second-order valence-electron chi connectivity index (χ2n) is 3.55. The zero-order valence-corrected chi connectivity index (χ0v) is 10.4. The first-order valence-corrected chi connectivity index (χ1v) is 5.80. The second kappa shape index (κ2) is 4.82. The summed E-state index contributed by atoms with van der Waals surface area (Å²) in [6.07, 6.45) is -2.95. The highest BCUT2D eigenvalue weighted by Crippen LogP contribution is 2.35. The molecule has 0 spiro atoms. The molecular weight excluding hydrogens is 288 g/mol. The Morgan fingerprint density at radius 2 is 1.94 bits per heavy atom. The molecule has 0 atom stereocenters. The van der Waals surface area contributed by atoms with Crippen molar-refractivity contribution in [2.24, 2.45) is 0 Å². The summed E-state index contributed by atoms with van der Waals surface area (Å²) in [6, 6.07) is 5.24. The van der Waals surface area contributed by atoms with Crippen LogP contribution < -0.4 is 0 Å². The molecular formula is C11H7Cl2F3N2. The van der Waals surface area contributed by atoms with Crippen molar-refractivity contribution in [3.8, 4) is 5.69 Å². The van der Waals surface area contributed by atoms with Gasteiger partial charge in [-0.15, -0.1) is 11.6 Å². The van der Waals surface area contributed by atoms with E-state index in [-0.39, 0.29) is 16.6 Å². The Hall–Kier alpha value is -1.20. The third kappa shape index (κ3) is 2.62. The number of halogens is 5. The van der Waals surface area contributed by atoms with Gasteiger partial charge in [0.15, 0.2) is 0 Å². The molecule has 0 N–H and O–H groups in total. The van der Waals surface area contributed by atoms with Crippen LogP contribution in [0.25, 0.3) is 5.69 Å². The van der Waals surface area contributed by atoms with Crippen molar-refractivity contribution in [3.63, 3.8) is 0 Å². The van der Waals surface area contributed by atoms with E-state index in [2.05, 4.69) is 5.10 Å². The molecule has 7 heteroatoms. The van der Waals surface area contributed by atoms with E-state index in [0.717, 1.165) is 6.07 Å². The lowest BCUT2D eigenvalue weighted by atomic mass is 10.2. The third-order valence-electron chi connectivity index (χ3n) is 2.30. The van der Waals surface area contributed by atoms with Crippen molar-refractivity contribution in [2.75, 3.05) is 0 Å². The monoisotopic (exact) mass is 294 g/mol. The van der Waals surface area contributed by atoms with Gasteiger partial charge in [-0.1, -0.05) is 11.6 Å². The van der Waals surface area contributed by atoms with Crippen molar-refractivity contribution < 1.29 is 13.2 Å². The fourth-order valence-corrected chi connectivity index (χ4v) is 1.82. The summed E-state index contributed by atoms with van der Waals surface area (Å²) in [7, 11) is 0. The molecule has 0 saturated heterocycles. The molecule has 18 heavy (non-hydrogen) atoms. The Morgan fingerprint density at radius 3 is 2.50 bits per heavy atom. The van der Waals surface area contributed by atoms with Crippen LogP contribution in [0.4, 0.5) is 13.2 Å². The van der Waals surface area contributed by atoms with Crippen molar-refractivity contribution >= 4 is 23.2 Å². The second-order valence-corrected chi connectivity index (χ2v) is 4.22. The molecule has 2 rings (SSSR count). The summed E-state index contributed by atoms with van der Waals surface area (Å²) in [5, 5.41) is 3.69. The standard InChI is InChI=1S/C11H7Cl2F3N2/c12-6-7-3-4-18(17-7)8-1-2-10(13)9(5-8)11(14,15)16/h1-5H,6H2. The van der Waals surface area contributed by atoms with Gasteiger partial charge in [-0.25, -0.2) is 4.68 Å². The van der Waals surface area contributed by atoms with E-state index < -0.39 is 11.7 Å². The van der Waals surface area contributed by atoms with Gasteiger partial charge in [-0.3, -0.25) is 0 Å². The van der Waals surface area contributed by atoms with Gasteiger partial charge in [0.25, 0.3) is 0 Å². The summed E-state index contributed by atoms with van der Waals surface area (Å²) >= 11 is 11.1. The number of alkyl halides is 4. The first kappa shape index (κ1) is 13.2. The topological polar surface area (TPSA) is 17.8 Å². The molecule has 0 amide bonds. The van der Waals surface area contributed by atoms with E-state index >= 15 is 0 Å². The molecule has 2 aromatic rings. The minimum atomic E-state index is -4.49. The van der Waals surface area contributed by atoms with Crippen LogP contribution in [0, 0.1) is 0 Å². The van der Waals surface area contributed by atoms with Gasteiger partial charge in [0.1, 0.15) is 0 Å². The Kier molecular flexibility index (Phi) is 3.54. The number of nitrogens with zero attached hydrogens (tertiary/aromatic N) is 2. The minimum Gasteiger partial charge on any atom is -0.241 e. The van der Waals surface area contributed by atoms with Gasteiger partial charge in [-0.2, -0.15) is 18.3 Å². The van der Waals surface area contributed by atoms with E-state index in [0.29, 0.717) is 5.69 Å². The first-order valence-electron chi connectivity index (χ1n) is 4.89. The molecule has 1 aromatic heterocycles. The summed E-state index contributed by atoms with van der Waals surface area (Å²) in [5.74, 6) is 0.201. The average Bonchev–Trinajstić information content (AvgIpc) is 2.76.